The van der Waals surface area contributed by atoms with Crippen molar-refractivity contribution in [1.82, 2.24) is 30.4 Å². The fourth-order valence-electron chi connectivity index (χ4n) is 5.40. The van der Waals surface area contributed by atoms with Gasteiger partial charge in [-0.25, -0.2) is 18.7 Å². The van der Waals surface area contributed by atoms with Gasteiger partial charge < -0.3 is 30.7 Å². The molecule has 0 radical (unpaired) electrons. The van der Waals surface area contributed by atoms with Gasteiger partial charge >= 0.3 is 0 Å². The van der Waals surface area contributed by atoms with Gasteiger partial charge in [0.15, 0.2) is 11.6 Å². The summed E-state index contributed by atoms with van der Waals surface area (Å²) in [6, 6.07) is 12.2. The molecule has 0 amide bonds. The second-order valence-electron chi connectivity index (χ2n) is 11.0. The Balaban J connectivity index is 0.000000175. The molecular formula is C30H36F2N10O2. The number of anilines is 4. The van der Waals surface area contributed by atoms with Crippen molar-refractivity contribution in [3.05, 3.63) is 60.2 Å². The Morgan fingerprint density at radius 1 is 0.568 bits per heavy atom. The van der Waals surface area contributed by atoms with Crippen molar-refractivity contribution < 1.29 is 18.3 Å². The Morgan fingerprint density at radius 2 is 0.886 bits per heavy atom. The zero-order valence-electron chi connectivity index (χ0n) is 25.1. The number of hydrogen-bond donors (Lipinski definition) is 2. The summed E-state index contributed by atoms with van der Waals surface area (Å²) < 4.78 is 37.8. The first-order valence-corrected chi connectivity index (χ1v) is 14.4. The Morgan fingerprint density at radius 3 is 1.20 bits per heavy atom. The average molecular weight is 607 g/mol. The van der Waals surface area contributed by atoms with Crippen LogP contribution in [0, 0.1) is 11.6 Å². The third kappa shape index (κ3) is 7.50. The molecule has 0 spiro atoms. The SMILES string of the molecule is CC1CN(c2nnc(N)nc2-c2ccc(F)cc2)CC(C)O1.CC1CN(c2nnc(N)nc2-c2ccc(F)cc2)CC(C)O1. The van der Waals surface area contributed by atoms with Gasteiger partial charge in [0.25, 0.3) is 0 Å². The van der Waals surface area contributed by atoms with Crippen LogP contribution in [-0.2, 0) is 9.47 Å². The smallest absolute Gasteiger partial charge is 0.240 e. The van der Waals surface area contributed by atoms with Crippen LogP contribution in [0.5, 0.6) is 0 Å². The van der Waals surface area contributed by atoms with Crippen molar-refractivity contribution in [2.24, 2.45) is 0 Å². The maximum absolute atomic E-state index is 13.1. The molecule has 6 rings (SSSR count). The molecule has 12 nitrogen and oxygen atoms in total. The van der Waals surface area contributed by atoms with Crippen LogP contribution in [-0.4, -0.2) is 81.0 Å². The molecule has 44 heavy (non-hydrogen) atoms. The summed E-state index contributed by atoms with van der Waals surface area (Å²) in [5, 5.41) is 16.2. The highest BCUT2D eigenvalue weighted by atomic mass is 19.1. The van der Waals surface area contributed by atoms with E-state index in [-0.39, 0.29) is 47.9 Å². The van der Waals surface area contributed by atoms with E-state index < -0.39 is 0 Å². The molecule has 0 bridgehead atoms. The van der Waals surface area contributed by atoms with E-state index in [1.807, 2.05) is 27.7 Å². The van der Waals surface area contributed by atoms with E-state index in [1.165, 1.54) is 24.3 Å². The molecule has 4 unspecified atom stereocenters. The van der Waals surface area contributed by atoms with E-state index in [9.17, 15) is 8.78 Å². The third-order valence-electron chi connectivity index (χ3n) is 7.04. The maximum Gasteiger partial charge on any atom is 0.240 e. The lowest BCUT2D eigenvalue weighted by atomic mass is 10.1. The first-order valence-electron chi connectivity index (χ1n) is 14.4. The minimum atomic E-state index is -0.297. The van der Waals surface area contributed by atoms with E-state index in [4.69, 9.17) is 20.9 Å². The predicted octanol–water partition coefficient (Wildman–Crippen LogP) is 3.75. The molecule has 2 saturated heterocycles. The summed E-state index contributed by atoms with van der Waals surface area (Å²) in [5.74, 6) is 0.878. The van der Waals surface area contributed by atoms with Crippen LogP contribution in [0.4, 0.5) is 32.3 Å². The fourth-order valence-corrected chi connectivity index (χ4v) is 5.40. The molecule has 2 aliphatic rings. The van der Waals surface area contributed by atoms with E-state index in [1.54, 1.807) is 24.3 Å². The Bertz CT molecular complexity index is 1420. The average Bonchev–Trinajstić information content (AvgIpc) is 2.97. The lowest BCUT2D eigenvalue weighted by Gasteiger charge is -2.36. The number of rotatable bonds is 4. The highest BCUT2D eigenvalue weighted by Crippen LogP contribution is 2.30. The lowest BCUT2D eigenvalue weighted by molar-refractivity contribution is -0.00575. The summed E-state index contributed by atoms with van der Waals surface area (Å²) in [6.07, 6.45) is 0.349. The van der Waals surface area contributed by atoms with Crippen molar-refractivity contribution in [3.8, 4) is 22.5 Å². The van der Waals surface area contributed by atoms with E-state index in [0.717, 1.165) is 11.1 Å². The number of morpholine rings is 2. The molecule has 4 heterocycles. The van der Waals surface area contributed by atoms with Crippen LogP contribution in [0.2, 0.25) is 0 Å². The Kier molecular flexibility index (Phi) is 9.40. The van der Waals surface area contributed by atoms with Crippen LogP contribution < -0.4 is 21.3 Å². The molecule has 0 saturated carbocycles. The molecule has 2 aliphatic heterocycles. The van der Waals surface area contributed by atoms with Crippen molar-refractivity contribution in [3.63, 3.8) is 0 Å². The molecule has 14 heteroatoms. The second kappa shape index (κ2) is 13.4. The second-order valence-corrected chi connectivity index (χ2v) is 11.0. The number of nitrogens with two attached hydrogens (primary N) is 2. The molecule has 4 N–H and O–H groups in total. The van der Waals surface area contributed by atoms with Crippen molar-refractivity contribution in [1.29, 1.82) is 0 Å². The fraction of sp³-hybridized carbons (Fsp3) is 0.400. The highest BCUT2D eigenvalue weighted by molar-refractivity contribution is 5.73. The third-order valence-corrected chi connectivity index (χ3v) is 7.04. The normalized spacial score (nSPS) is 21.9. The topological polar surface area (TPSA) is 154 Å². The van der Waals surface area contributed by atoms with Gasteiger partial charge in [-0.3, -0.25) is 0 Å². The van der Waals surface area contributed by atoms with Crippen LogP contribution in [0.1, 0.15) is 27.7 Å². The molecular weight excluding hydrogens is 570 g/mol. The first-order chi connectivity index (χ1) is 21.0. The van der Waals surface area contributed by atoms with Crippen molar-refractivity contribution in [2.45, 2.75) is 52.1 Å². The van der Waals surface area contributed by atoms with E-state index >= 15 is 0 Å². The van der Waals surface area contributed by atoms with Gasteiger partial charge in [0.05, 0.1) is 24.4 Å². The first kappa shape index (κ1) is 30.9. The maximum atomic E-state index is 13.1. The number of nitrogen functional groups attached to an aromatic ring is 2. The Hall–Kier alpha value is -4.56. The van der Waals surface area contributed by atoms with Gasteiger partial charge in [-0.15, -0.1) is 20.4 Å². The number of hydrogen-bond acceptors (Lipinski definition) is 12. The van der Waals surface area contributed by atoms with Crippen LogP contribution >= 0.6 is 0 Å². The number of halogens is 2. The number of aromatic nitrogens is 6. The molecule has 2 fully saturated rings. The lowest BCUT2D eigenvalue weighted by Crippen LogP contribution is -2.46. The van der Waals surface area contributed by atoms with Gasteiger partial charge in [0, 0.05) is 37.3 Å². The summed E-state index contributed by atoms with van der Waals surface area (Å²) in [5.41, 5.74) is 14.1. The van der Waals surface area contributed by atoms with Gasteiger partial charge in [-0.05, 0) is 76.2 Å². The highest BCUT2D eigenvalue weighted by Gasteiger charge is 2.28. The molecule has 2 aromatic heterocycles. The predicted molar refractivity (Wildman–Crippen MR) is 164 cm³/mol. The molecule has 4 aromatic rings. The largest absolute Gasteiger partial charge is 0.372 e. The van der Waals surface area contributed by atoms with Gasteiger partial charge in [0.1, 0.15) is 23.0 Å². The molecule has 4 atom stereocenters. The molecule has 2 aromatic carbocycles. The standard InChI is InChI=1S/2C15H18FN5O/c2*1-9-7-21(8-10(2)22-9)14-13(18-15(17)20-19-14)11-3-5-12(16)6-4-11/h2*3-6,9-10H,7-8H2,1-2H3,(H2,17,18,20). The summed E-state index contributed by atoms with van der Waals surface area (Å²) in [4.78, 5) is 12.8. The quantitative estimate of drug-likeness (QED) is 0.348. The summed E-state index contributed by atoms with van der Waals surface area (Å²) in [7, 11) is 0. The van der Waals surface area contributed by atoms with Crippen LogP contribution in [0.3, 0.4) is 0 Å². The number of nitrogens with zero attached hydrogens (tertiary/aromatic N) is 8. The zero-order chi connectivity index (χ0) is 31.4. The summed E-state index contributed by atoms with van der Waals surface area (Å²) in [6.45, 7) is 10.8. The minimum Gasteiger partial charge on any atom is -0.372 e. The van der Waals surface area contributed by atoms with E-state index in [2.05, 4.69) is 40.2 Å². The zero-order valence-corrected chi connectivity index (χ0v) is 25.1. The van der Waals surface area contributed by atoms with Crippen molar-refractivity contribution >= 4 is 23.5 Å². The van der Waals surface area contributed by atoms with Crippen LogP contribution in [0.25, 0.3) is 22.5 Å². The number of ether oxygens (including phenoxy) is 2. The summed E-state index contributed by atoms with van der Waals surface area (Å²) >= 11 is 0. The van der Waals surface area contributed by atoms with Gasteiger partial charge in [0.2, 0.25) is 11.9 Å². The number of benzene rings is 2. The van der Waals surface area contributed by atoms with E-state index in [0.29, 0.717) is 49.2 Å². The monoisotopic (exact) mass is 606 g/mol. The molecule has 0 aliphatic carbocycles. The van der Waals surface area contributed by atoms with Gasteiger partial charge in [-0.2, -0.15) is 0 Å². The molecule has 232 valence electrons. The minimum absolute atomic E-state index is 0.0872. The Labute approximate surface area is 254 Å². The van der Waals surface area contributed by atoms with Crippen molar-refractivity contribution in [2.75, 3.05) is 47.4 Å². The van der Waals surface area contributed by atoms with Gasteiger partial charge in [-0.1, -0.05) is 0 Å². The van der Waals surface area contributed by atoms with Crippen LogP contribution in [0.15, 0.2) is 48.5 Å².